The molecular formula is C75H128O6. The second-order valence-electron chi connectivity index (χ2n) is 22.7. The first kappa shape index (κ1) is 77.1. The molecule has 464 valence electrons. The standard InChI is InChI=1S/C75H128O6/c1-4-7-10-13-16-18-20-22-24-26-28-30-32-34-36-37-39-40-42-44-46-48-50-52-54-56-59-62-65-68-74(77)80-71-72(70-79-73(76)67-64-61-58-15-12-9-6-3)81-75(78)69-66-63-60-57-55-53-51-49-47-45-43-41-38-35-33-31-29-27-25-23-21-19-17-14-11-8-5-2/h7-8,10-11,16-19,22-25,28-31,34,36,72H,4-6,9,12-15,20-21,26-27,32-33,35,37-71H2,1-3H3/b10-7-,11-8-,18-16-,19-17-,24-22-,25-23-,30-28-,31-29-,36-34-. The molecule has 0 rings (SSSR count). The summed E-state index contributed by atoms with van der Waals surface area (Å²) in [4.78, 5) is 38.2. The molecule has 1 atom stereocenters. The van der Waals surface area contributed by atoms with Crippen molar-refractivity contribution in [2.75, 3.05) is 13.2 Å². The first-order valence-corrected chi connectivity index (χ1v) is 34.4. The van der Waals surface area contributed by atoms with Gasteiger partial charge in [0, 0.05) is 19.3 Å². The van der Waals surface area contributed by atoms with Gasteiger partial charge in [0.05, 0.1) is 0 Å². The van der Waals surface area contributed by atoms with E-state index in [1.54, 1.807) is 0 Å². The van der Waals surface area contributed by atoms with Crippen LogP contribution < -0.4 is 0 Å². The minimum atomic E-state index is -0.777. The maximum atomic E-state index is 12.9. The van der Waals surface area contributed by atoms with Crippen molar-refractivity contribution in [1.29, 1.82) is 0 Å². The fraction of sp³-hybridized carbons (Fsp3) is 0.720. The molecule has 0 spiro atoms. The van der Waals surface area contributed by atoms with Gasteiger partial charge in [-0.2, -0.15) is 0 Å². The Morgan fingerprint density at radius 1 is 0.259 bits per heavy atom. The smallest absolute Gasteiger partial charge is 0.306 e. The van der Waals surface area contributed by atoms with Crippen molar-refractivity contribution in [1.82, 2.24) is 0 Å². The molecule has 0 radical (unpaired) electrons. The lowest BCUT2D eigenvalue weighted by molar-refractivity contribution is -0.167. The number of ether oxygens (including phenoxy) is 3. The van der Waals surface area contributed by atoms with Crippen molar-refractivity contribution < 1.29 is 28.6 Å². The van der Waals surface area contributed by atoms with Crippen LogP contribution in [0.5, 0.6) is 0 Å². The van der Waals surface area contributed by atoms with E-state index in [1.165, 1.54) is 173 Å². The number of esters is 3. The van der Waals surface area contributed by atoms with E-state index in [2.05, 4.69) is 130 Å². The first-order chi connectivity index (χ1) is 40.0. The third-order valence-electron chi connectivity index (χ3n) is 14.8. The van der Waals surface area contributed by atoms with E-state index in [0.29, 0.717) is 19.3 Å². The monoisotopic (exact) mass is 1120 g/mol. The number of hydrogen-bond donors (Lipinski definition) is 0. The van der Waals surface area contributed by atoms with Gasteiger partial charge in [0.25, 0.3) is 0 Å². The van der Waals surface area contributed by atoms with Gasteiger partial charge in [0.2, 0.25) is 0 Å². The van der Waals surface area contributed by atoms with Crippen LogP contribution in [0, 0.1) is 0 Å². The van der Waals surface area contributed by atoms with Crippen LogP contribution >= 0.6 is 0 Å². The van der Waals surface area contributed by atoms with Crippen molar-refractivity contribution in [3.05, 3.63) is 109 Å². The summed E-state index contributed by atoms with van der Waals surface area (Å²) < 4.78 is 16.9. The van der Waals surface area contributed by atoms with Gasteiger partial charge in [-0.25, -0.2) is 0 Å². The number of hydrogen-bond acceptors (Lipinski definition) is 6. The summed E-state index contributed by atoms with van der Waals surface area (Å²) in [6.07, 6.45) is 94.2. The number of rotatable bonds is 62. The largest absolute Gasteiger partial charge is 0.462 e. The minimum absolute atomic E-state index is 0.0754. The average Bonchev–Trinajstić information content (AvgIpc) is 3.47. The highest BCUT2D eigenvalue weighted by Crippen LogP contribution is 2.17. The molecule has 0 saturated heterocycles. The normalized spacial score (nSPS) is 12.8. The van der Waals surface area contributed by atoms with Gasteiger partial charge in [-0.1, -0.05) is 316 Å². The maximum Gasteiger partial charge on any atom is 0.306 e. The van der Waals surface area contributed by atoms with Crippen molar-refractivity contribution >= 4 is 17.9 Å². The Hall–Kier alpha value is -3.93. The van der Waals surface area contributed by atoms with Crippen LogP contribution in [0.4, 0.5) is 0 Å². The van der Waals surface area contributed by atoms with Crippen LogP contribution in [0.1, 0.15) is 329 Å². The van der Waals surface area contributed by atoms with Crippen LogP contribution in [0.2, 0.25) is 0 Å². The van der Waals surface area contributed by atoms with Crippen molar-refractivity contribution in [2.24, 2.45) is 0 Å². The number of carbonyl (C=O) groups is 3. The summed E-state index contributed by atoms with van der Waals surface area (Å²) in [5, 5.41) is 0. The van der Waals surface area contributed by atoms with Gasteiger partial charge in [-0.3, -0.25) is 14.4 Å². The number of unbranched alkanes of at least 4 members (excludes halogenated alkanes) is 33. The molecule has 0 saturated carbocycles. The van der Waals surface area contributed by atoms with Crippen LogP contribution in [-0.4, -0.2) is 37.2 Å². The van der Waals surface area contributed by atoms with Gasteiger partial charge in [0.1, 0.15) is 13.2 Å². The third kappa shape index (κ3) is 66.8. The van der Waals surface area contributed by atoms with E-state index in [9.17, 15) is 14.4 Å². The van der Waals surface area contributed by atoms with E-state index in [4.69, 9.17) is 14.2 Å². The van der Waals surface area contributed by atoms with Crippen molar-refractivity contribution in [3.63, 3.8) is 0 Å². The SMILES string of the molecule is CC/C=C\C/C=C\C/C=C\C/C=C\C/C=C\CCCCCCCCCCCCCCCC(=O)OCC(COC(=O)CCCCCCCCC)OC(=O)CCCCCCCCCCCCCCCC/C=C\C/C=C\C/C=C\C/C=C\CC. The molecule has 0 amide bonds. The van der Waals surface area contributed by atoms with Gasteiger partial charge >= 0.3 is 17.9 Å². The zero-order chi connectivity index (χ0) is 58.5. The summed E-state index contributed by atoms with van der Waals surface area (Å²) in [5.41, 5.74) is 0. The molecule has 0 aliphatic heterocycles. The molecule has 6 nitrogen and oxygen atoms in total. The summed E-state index contributed by atoms with van der Waals surface area (Å²) >= 11 is 0. The Labute approximate surface area is 501 Å². The maximum absolute atomic E-state index is 12.9. The highest BCUT2D eigenvalue weighted by Gasteiger charge is 2.19. The lowest BCUT2D eigenvalue weighted by Crippen LogP contribution is -2.30. The Morgan fingerprint density at radius 3 is 0.753 bits per heavy atom. The van der Waals surface area contributed by atoms with E-state index in [-0.39, 0.29) is 31.1 Å². The molecule has 0 aromatic heterocycles. The number of allylic oxidation sites excluding steroid dienone is 18. The summed E-state index contributed by atoms with van der Waals surface area (Å²) in [7, 11) is 0. The Bertz CT molecular complexity index is 1620. The van der Waals surface area contributed by atoms with Crippen LogP contribution in [0.25, 0.3) is 0 Å². The molecule has 0 heterocycles. The fourth-order valence-corrected chi connectivity index (χ4v) is 9.70. The summed E-state index contributed by atoms with van der Waals surface area (Å²) in [5.74, 6) is -0.872. The molecule has 0 bridgehead atoms. The Balaban J connectivity index is 4.08. The average molecular weight is 1130 g/mol. The molecule has 0 aromatic rings. The van der Waals surface area contributed by atoms with E-state index >= 15 is 0 Å². The lowest BCUT2D eigenvalue weighted by Gasteiger charge is -2.18. The summed E-state index contributed by atoms with van der Waals surface area (Å²) in [6, 6.07) is 0. The van der Waals surface area contributed by atoms with Gasteiger partial charge in [-0.05, 0) is 103 Å². The molecule has 0 fully saturated rings. The molecule has 0 aliphatic carbocycles. The predicted molar refractivity (Wildman–Crippen MR) is 353 cm³/mol. The quantitative estimate of drug-likeness (QED) is 0.0261. The van der Waals surface area contributed by atoms with Crippen LogP contribution in [0.15, 0.2) is 109 Å². The zero-order valence-electron chi connectivity index (χ0n) is 53.3. The molecule has 0 N–H and O–H groups in total. The fourth-order valence-electron chi connectivity index (χ4n) is 9.70. The van der Waals surface area contributed by atoms with Crippen molar-refractivity contribution in [2.45, 2.75) is 335 Å². The highest BCUT2D eigenvalue weighted by atomic mass is 16.6. The molecule has 81 heavy (non-hydrogen) atoms. The molecule has 0 aliphatic rings. The summed E-state index contributed by atoms with van der Waals surface area (Å²) in [6.45, 7) is 6.40. The van der Waals surface area contributed by atoms with Gasteiger partial charge in [-0.15, -0.1) is 0 Å². The van der Waals surface area contributed by atoms with Crippen LogP contribution in [0.3, 0.4) is 0 Å². The molecule has 6 heteroatoms. The third-order valence-corrected chi connectivity index (χ3v) is 14.8. The van der Waals surface area contributed by atoms with Crippen molar-refractivity contribution in [3.8, 4) is 0 Å². The van der Waals surface area contributed by atoms with Gasteiger partial charge in [0.15, 0.2) is 6.10 Å². The second kappa shape index (κ2) is 68.6. The molecule has 1 unspecified atom stereocenters. The highest BCUT2D eigenvalue weighted by molar-refractivity contribution is 5.71. The Kier molecular flexibility index (Phi) is 65.2. The zero-order valence-corrected chi connectivity index (χ0v) is 53.3. The number of carbonyl (C=O) groups excluding carboxylic acids is 3. The molecule has 0 aromatic carbocycles. The van der Waals surface area contributed by atoms with Gasteiger partial charge < -0.3 is 14.2 Å². The Morgan fingerprint density at radius 2 is 0.481 bits per heavy atom. The lowest BCUT2D eigenvalue weighted by atomic mass is 10.0. The van der Waals surface area contributed by atoms with Crippen LogP contribution in [-0.2, 0) is 28.6 Å². The van der Waals surface area contributed by atoms with E-state index in [1.807, 2.05) is 0 Å². The topological polar surface area (TPSA) is 78.9 Å². The first-order valence-electron chi connectivity index (χ1n) is 34.4. The minimum Gasteiger partial charge on any atom is -0.462 e. The van der Waals surface area contributed by atoms with E-state index < -0.39 is 6.10 Å². The molecular weight excluding hydrogens is 997 g/mol. The van der Waals surface area contributed by atoms with E-state index in [0.717, 1.165) is 116 Å². The predicted octanol–water partition coefficient (Wildman–Crippen LogP) is 23.8. The second-order valence-corrected chi connectivity index (χ2v) is 22.7.